The van der Waals surface area contributed by atoms with Crippen LogP contribution in [0.15, 0.2) is 146 Å². The van der Waals surface area contributed by atoms with Gasteiger partial charge >= 0.3 is 5.97 Å². The smallest absolute Gasteiger partial charge is 0.335 e. The molecule has 51 heavy (non-hydrogen) atoms. The minimum absolute atomic E-state index is 0.929. The van der Waals surface area contributed by atoms with Gasteiger partial charge in [0.25, 0.3) is 0 Å². The molecule has 0 unspecified atom stereocenters. The number of allylic oxidation sites excluding steroid dienone is 24. The van der Waals surface area contributed by atoms with Gasteiger partial charge in [-0.2, -0.15) is 0 Å². The van der Waals surface area contributed by atoms with Crippen LogP contribution in [0.2, 0.25) is 0 Å². The lowest BCUT2D eigenvalue weighted by molar-refractivity contribution is -0.145. The van der Waals surface area contributed by atoms with Crippen molar-refractivity contribution >= 4 is 30.2 Å². The van der Waals surface area contributed by atoms with Crippen LogP contribution in [0.1, 0.15) is 117 Å². The van der Waals surface area contributed by atoms with Gasteiger partial charge in [-0.15, -0.1) is 12.6 Å². The molecular formula is C46H64O4S. The van der Waals surface area contributed by atoms with Gasteiger partial charge in [0.1, 0.15) is 0 Å². The van der Waals surface area contributed by atoms with Crippen molar-refractivity contribution in [1.29, 1.82) is 0 Å². The van der Waals surface area contributed by atoms with Gasteiger partial charge < -0.3 is 5.11 Å². The second-order valence-corrected chi connectivity index (χ2v) is 12.9. The first-order valence-electron chi connectivity index (χ1n) is 19.0. The van der Waals surface area contributed by atoms with Crippen LogP contribution in [-0.4, -0.2) is 27.4 Å². The van der Waals surface area contributed by atoms with E-state index in [-0.39, 0.29) is 0 Å². The van der Waals surface area contributed by atoms with Gasteiger partial charge in [0.15, 0.2) is 11.6 Å². The number of aliphatic carboxylic acids is 1. The zero-order chi connectivity index (χ0) is 37.5. The van der Waals surface area contributed by atoms with E-state index in [0.717, 1.165) is 25.0 Å². The summed E-state index contributed by atoms with van der Waals surface area (Å²) >= 11 is 3.97. The summed E-state index contributed by atoms with van der Waals surface area (Å²) in [5.41, 5.74) is 0. The zero-order valence-electron chi connectivity index (χ0n) is 31.3. The van der Waals surface area contributed by atoms with Crippen LogP contribution in [0.25, 0.3) is 0 Å². The largest absolute Gasteiger partial charge is 0.480 e. The first kappa shape index (κ1) is 47.0. The Morgan fingerprint density at radius 3 is 0.961 bits per heavy atom. The first-order chi connectivity index (χ1) is 24.9. The predicted octanol–water partition coefficient (Wildman–Crippen LogP) is 12.8. The molecule has 0 aliphatic carbocycles. The van der Waals surface area contributed by atoms with Crippen molar-refractivity contribution in [2.45, 2.75) is 121 Å². The first-order valence-corrected chi connectivity index (χ1v) is 19.4. The maximum Gasteiger partial charge on any atom is 0.335 e. The Balaban J connectivity index is 4.48. The van der Waals surface area contributed by atoms with Crippen molar-refractivity contribution in [2.24, 2.45) is 0 Å². The van der Waals surface area contributed by atoms with Gasteiger partial charge in [0.05, 0.1) is 0 Å². The monoisotopic (exact) mass is 712 g/mol. The second kappa shape index (κ2) is 35.9. The molecule has 0 aromatic heterocycles. The molecule has 0 amide bonds. The Morgan fingerprint density at radius 1 is 0.412 bits per heavy atom. The van der Waals surface area contributed by atoms with Gasteiger partial charge in [-0.05, 0) is 37.8 Å². The fraction of sp³-hybridized carbons (Fsp3) is 0.413. The van der Waals surface area contributed by atoms with Crippen molar-refractivity contribution in [3.63, 3.8) is 0 Å². The lowest BCUT2D eigenvalue weighted by Gasteiger charge is -2.16. The molecule has 0 rings (SSSR count). The molecule has 0 fully saturated rings. The van der Waals surface area contributed by atoms with Crippen LogP contribution in [0, 0.1) is 0 Å². The molecule has 278 valence electrons. The SMILES string of the molecule is CCCCCCCCCC=CC=CC=CC=CC=CC=CC(=O)C(S)(C(=O)O)C(=O)C=CC=CC=CC=CC=CC=CCCCCCCCCC. The Kier molecular flexibility index (Phi) is 33.1. The third kappa shape index (κ3) is 28.4. The van der Waals surface area contributed by atoms with E-state index in [1.165, 1.54) is 102 Å². The molecule has 0 saturated carbocycles. The van der Waals surface area contributed by atoms with Crippen molar-refractivity contribution in [1.82, 2.24) is 0 Å². The van der Waals surface area contributed by atoms with Gasteiger partial charge in [0.2, 0.25) is 4.75 Å². The molecule has 0 atom stereocenters. The van der Waals surface area contributed by atoms with Crippen molar-refractivity contribution in [3.8, 4) is 0 Å². The third-order valence-corrected chi connectivity index (χ3v) is 8.37. The molecule has 0 aliphatic rings. The van der Waals surface area contributed by atoms with Gasteiger partial charge in [-0.3, -0.25) is 9.59 Å². The summed E-state index contributed by atoms with van der Waals surface area (Å²) in [7, 11) is 0. The van der Waals surface area contributed by atoms with Crippen LogP contribution in [-0.2, 0) is 14.4 Å². The highest BCUT2D eigenvalue weighted by molar-refractivity contribution is 7.85. The topological polar surface area (TPSA) is 71.4 Å². The molecule has 0 aromatic carbocycles. The van der Waals surface area contributed by atoms with Crippen LogP contribution >= 0.6 is 12.6 Å². The molecule has 0 aliphatic heterocycles. The molecule has 4 nitrogen and oxygen atoms in total. The van der Waals surface area contributed by atoms with Crippen LogP contribution in [0.3, 0.4) is 0 Å². The van der Waals surface area contributed by atoms with E-state index in [0.29, 0.717) is 0 Å². The Morgan fingerprint density at radius 2 is 0.667 bits per heavy atom. The molecule has 1 N–H and O–H groups in total. The quantitative estimate of drug-likeness (QED) is 0.0247. The summed E-state index contributed by atoms with van der Waals surface area (Å²) in [5.74, 6) is -3.48. The predicted molar refractivity (Wildman–Crippen MR) is 224 cm³/mol. The second-order valence-electron chi connectivity index (χ2n) is 12.2. The van der Waals surface area contributed by atoms with E-state index in [1.807, 2.05) is 60.8 Å². The molecule has 0 aromatic rings. The van der Waals surface area contributed by atoms with Crippen molar-refractivity contribution in [2.75, 3.05) is 0 Å². The third-order valence-electron chi connectivity index (χ3n) is 7.74. The minimum Gasteiger partial charge on any atom is -0.480 e. The van der Waals surface area contributed by atoms with Crippen LogP contribution in [0.5, 0.6) is 0 Å². The number of thiol groups is 1. The molecule has 0 radical (unpaired) electrons. The van der Waals surface area contributed by atoms with E-state index in [1.54, 1.807) is 36.5 Å². The van der Waals surface area contributed by atoms with E-state index in [2.05, 4.69) is 50.8 Å². The number of carboxylic acids is 1. The average Bonchev–Trinajstić information content (AvgIpc) is 3.12. The lowest BCUT2D eigenvalue weighted by atomic mass is 9.96. The summed E-state index contributed by atoms with van der Waals surface area (Å²) in [5, 5.41) is 9.61. The molecule has 0 spiro atoms. The van der Waals surface area contributed by atoms with Crippen molar-refractivity contribution in [3.05, 3.63) is 146 Å². The van der Waals surface area contributed by atoms with Gasteiger partial charge in [-0.25, -0.2) is 4.79 Å². The summed E-state index contributed by atoms with van der Waals surface area (Å²) < 4.78 is -2.50. The lowest BCUT2D eigenvalue weighted by Crippen LogP contribution is -2.47. The number of carbonyl (C=O) groups excluding carboxylic acids is 2. The van der Waals surface area contributed by atoms with Gasteiger partial charge in [-0.1, -0.05) is 225 Å². The number of rotatable bonds is 31. The molecule has 0 heterocycles. The molecule has 0 saturated heterocycles. The summed E-state index contributed by atoms with van der Waals surface area (Å²) in [4.78, 5) is 37.0. The van der Waals surface area contributed by atoms with E-state index in [4.69, 9.17) is 0 Å². The number of hydrogen-bond donors (Lipinski definition) is 2. The number of ketones is 2. The highest BCUT2D eigenvalue weighted by Gasteiger charge is 2.47. The fourth-order valence-electron chi connectivity index (χ4n) is 4.67. The molecule has 5 heteroatoms. The molecular weight excluding hydrogens is 649 g/mol. The standard InChI is InChI=1S/C46H64O4S/c1-3-5-7-9-11-13-15-17-19-21-23-25-27-29-31-33-35-37-39-41-43(47)46(51,45(49)50)44(48)42-40-38-36-34-32-30-28-26-24-22-20-18-16-14-12-10-8-6-4-2/h19-42,51H,3-18H2,1-2H3,(H,49,50). The van der Waals surface area contributed by atoms with E-state index in [9.17, 15) is 19.5 Å². The van der Waals surface area contributed by atoms with E-state index < -0.39 is 22.3 Å². The number of hydrogen-bond acceptors (Lipinski definition) is 4. The van der Waals surface area contributed by atoms with E-state index >= 15 is 0 Å². The number of carboxylic acid groups (broad SMARTS) is 1. The van der Waals surface area contributed by atoms with Crippen LogP contribution < -0.4 is 0 Å². The van der Waals surface area contributed by atoms with Crippen LogP contribution in [0.4, 0.5) is 0 Å². The summed E-state index contributed by atoms with van der Waals surface area (Å²) in [6.45, 7) is 4.48. The zero-order valence-corrected chi connectivity index (χ0v) is 32.2. The maximum absolute atomic E-state index is 12.6. The maximum atomic E-state index is 12.6. The normalized spacial score (nSPS) is 14.6. The highest BCUT2D eigenvalue weighted by Crippen LogP contribution is 2.20. The number of carbonyl (C=O) groups is 3. The fourth-order valence-corrected chi connectivity index (χ4v) is 4.82. The minimum atomic E-state index is -2.50. The Labute approximate surface area is 315 Å². The summed E-state index contributed by atoms with van der Waals surface area (Å²) in [6, 6.07) is 0. The average molecular weight is 713 g/mol. The number of unbranched alkanes of at least 4 members (excludes halogenated alkanes) is 14. The Bertz CT molecular complexity index is 1200. The van der Waals surface area contributed by atoms with Crippen molar-refractivity contribution < 1.29 is 19.5 Å². The van der Waals surface area contributed by atoms with Gasteiger partial charge in [0, 0.05) is 0 Å². The summed E-state index contributed by atoms with van der Waals surface area (Å²) in [6.07, 6.45) is 63.4. The molecule has 0 bridgehead atoms. The Hall–Kier alpha value is -3.96. The highest BCUT2D eigenvalue weighted by atomic mass is 32.1.